The van der Waals surface area contributed by atoms with Gasteiger partial charge in [0.25, 0.3) is 0 Å². The van der Waals surface area contributed by atoms with E-state index in [1.165, 1.54) is 218 Å². The molecule has 0 saturated carbocycles. The molecule has 98 heavy (non-hydrogen) atoms. The molecule has 3 N–H and O–H groups in total. The molecule has 0 aromatic carbocycles. The van der Waals surface area contributed by atoms with Crippen molar-refractivity contribution in [1.29, 1.82) is 0 Å². The monoisotopic (exact) mass is 1440 g/mol. The maximum absolute atomic E-state index is 13.1. The lowest BCUT2D eigenvalue weighted by atomic mass is 10.0. The minimum absolute atomic E-state index is 0.106. The van der Waals surface area contributed by atoms with Crippen LogP contribution in [0.15, 0.2) is 0 Å². The molecule has 0 aromatic heterocycles. The van der Waals surface area contributed by atoms with Gasteiger partial charge in [-0.05, 0) is 43.4 Å². The van der Waals surface area contributed by atoms with Crippen LogP contribution in [0, 0.1) is 17.8 Å². The lowest BCUT2D eigenvalue weighted by molar-refractivity contribution is -0.161. The average molecular weight is 1440 g/mol. The molecule has 0 aliphatic carbocycles. The lowest BCUT2D eigenvalue weighted by Gasteiger charge is -2.21. The van der Waals surface area contributed by atoms with E-state index < -0.39 is 97.5 Å². The van der Waals surface area contributed by atoms with Gasteiger partial charge in [-0.15, -0.1) is 0 Å². The molecule has 2 unspecified atom stereocenters. The summed E-state index contributed by atoms with van der Waals surface area (Å²) in [5, 5.41) is 10.6. The molecule has 0 aliphatic heterocycles. The Balaban J connectivity index is 5.25. The molecule has 0 amide bonds. The standard InChI is InChI=1S/C79H154O17P2/c1-8-9-10-11-12-13-14-15-16-17-18-19-20-21-22-34-41-48-55-62-78(83)95-74(66-89-76(81)60-53-46-39-32-26-23-29-36-43-50-57-70(2)3)68-93-97(85,86)91-64-73(80)65-92-98(87,88)94-69-75(96-79(84)63-56-49-42-35-28-25-31-38-45-52-59-72(6)7)67-90-77(82)61-54-47-40-33-27-24-30-37-44-51-58-71(4)5/h70-75,80H,8-69H2,1-7H3,(H,85,86)(H,87,88)/t73-,74-,75-/m1/s1. The number of esters is 4. The molecule has 0 bridgehead atoms. The molecule has 5 atom stereocenters. The summed E-state index contributed by atoms with van der Waals surface area (Å²) in [6.45, 7) is 11.9. The van der Waals surface area contributed by atoms with Crippen molar-refractivity contribution in [3.8, 4) is 0 Å². The van der Waals surface area contributed by atoms with Gasteiger partial charge >= 0.3 is 39.5 Å². The molecule has 582 valence electrons. The highest BCUT2D eigenvalue weighted by Crippen LogP contribution is 2.45. The zero-order valence-corrected chi connectivity index (χ0v) is 66.0. The number of unbranched alkanes of at least 4 members (excludes halogenated alkanes) is 45. The average Bonchev–Trinajstić information content (AvgIpc) is 1.01. The van der Waals surface area contributed by atoms with Gasteiger partial charge in [0, 0.05) is 25.7 Å². The van der Waals surface area contributed by atoms with Gasteiger partial charge in [-0.3, -0.25) is 37.3 Å². The fourth-order valence-electron chi connectivity index (χ4n) is 12.1. The highest BCUT2D eigenvalue weighted by molar-refractivity contribution is 7.47. The number of carbonyl (C=O) groups excluding carboxylic acids is 4. The first-order valence-corrected chi connectivity index (χ1v) is 43.8. The van der Waals surface area contributed by atoms with E-state index in [0.29, 0.717) is 25.7 Å². The number of rotatable bonds is 77. The summed E-state index contributed by atoms with van der Waals surface area (Å²) in [7, 11) is -9.92. The van der Waals surface area contributed by atoms with Crippen molar-refractivity contribution in [3.63, 3.8) is 0 Å². The van der Waals surface area contributed by atoms with Crippen molar-refractivity contribution in [1.82, 2.24) is 0 Å². The van der Waals surface area contributed by atoms with Crippen LogP contribution in [-0.2, 0) is 65.4 Å². The smallest absolute Gasteiger partial charge is 0.462 e. The fourth-order valence-corrected chi connectivity index (χ4v) is 13.7. The summed E-state index contributed by atoms with van der Waals surface area (Å²) in [5.74, 6) is 0.155. The molecule has 0 aliphatic rings. The summed E-state index contributed by atoms with van der Waals surface area (Å²) in [6, 6.07) is 0. The van der Waals surface area contributed by atoms with E-state index in [1.54, 1.807) is 0 Å². The van der Waals surface area contributed by atoms with Crippen LogP contribution in [0.25, 0.3) is 0 Å². The van der Waals surface area contributed by atoms with Crippen LogP contribution in [-0.4, -0.2) is 96.7 Å². The Kier molecular flexibility index (Phi) is 68.1. The van der Waals surface area contributed by atoms with Gasteiger partial charge in [0.2, 0.25) is 0 Å². The molecule has 0 spiro atoms. The SMILES string of the molecule is CCCCCCCCCCCCCCCCCCCCCC(=O)O[C@H](COC(=O)CCCCCCCCCCCCC(C)C)COP(=O)(O)OC[C@@H](O)COP(=O)(O)OC[C@@H](COC(=O)CCCCCCCCCCCCC(C)C)OC(=O)CCCCCCCCCCCCC(C)C. The highest BCUT2D eigenvalue weighted by atomic mass is 31.2. The van der Waals surface area contributed by atoms with Crippen LogP contribution < -0.4 is 0 Å². The Hall–Kier alpha value is -1.94. The fraction of sp³-hybridized carbons (Fsp3) is 0.949. The number of aliphatic hydroxyl groups excluding tert-OH is 1. The van der Waals surface area contributed by atoms with E-state index in [1.807, 2.05) is 0 Å². The first kappa shape index (κ1) is 96.1. The van der Waals surface area contributed by atoms with E-state index in [4.69, 9.17) is 37.0 Å². The Bertz CT molecular complexity index is 1900. The third kappa shape index (κ3) is 72.4. The van der Waals surface area contributed by atoms with Crippen LogP contribution in [0.1, 0.15) is 408 Å². The molecule has 0 heterocycles. The van der Waals surface area contributed by atoms with Gasteiger partial charge in [0.05, 0.1) is 26.4 Å². The highest BCUT2D eigenvalue weighted by Gasteiger charge is 2.30. The number of hydrogen-bond donors (Lipinski definition) is 3. The number of aliphatic hydroxyl groups is 1. The number of carbonyl (C=O) groups is 4. The van der Waals surface area contributed by atoms with Crippen molar-refractivity contribution in [2.75, 3.05) is 39.6 Å². The zero-order chi connectivity index (χ0) is 72.3. The van der Waals surface area contributed by atoms with Gasteiger partial charge in [-0.25, -0.2) is 9.13 Å². The lowest BCUT2D eigenvalue weighted by Crippen LogP contribution is -2.30. The predicted octanol–water partition coefficient (Wildman–Crippen LogP) is 23.4. The molecule has 0 radical (unpaired) electrons. The van der Waals surface area contributed by atoms with Crippen LogP contribution in [0.5, 0.6) is 0 Å². The van der Waals surface area contributed by atoms with Crippen LogP contribution in [0.2, 0.25) is 0 Å². The largest absolute Gasteiger partial charge is 0.472 e. The second kappa shape index (κ2) is 69.4. The normalized spacial score (nSPS) is 14.0. The maximum atomic E-state index is 13.1. The van der Waals surface area contributed by atoms with Crippen LogP contribution in [0.3, 0.4) is 0 Å². The van der Waals surface area contributed by atoms with Crippen molar-refractivity contribution >= 4 is 39.5 Å². The molecule has 17 nitrogen and oxygen atoms in total. The van der Waals surface area contributed by atoms with E-state index >= 15 is 0 Å². The number of ether oxygens (including phenoxy) is 4. The topological polar surface area (TPSA) is 237 Å². The Morgan fingerprint density at radius 1 is 0.276 bits per heavy atom. The summed E-state index contributed by atoms with van der Waals surface area (Å²) in [5.41, 5.74) is 0. The van der Waals surface area contributed by atoms with E-state index in [9.17, 15) is 43.2 Å². The molecule has 0 aromatic rings. The van der Waals surface area contributed by atoms with Crippen LogP contribution >= 0.6 is 15.6 Å². The Morgan fingerprint density at radius 3 is 0.694 bits per heavy atom. The summed E-state index contributed by atoms with van der Waals surface area (Å²) in [6.07, 6.45) is 56.9. The second-order valence-corrected chi connectivity index (χ2v) is 32.8. The van der Waals surface area contributed by atoms with Crippen molar-refractivity contribution in [2.45, 2.75) is 426 Å². The number of phosphoric acid groups is 2. The summed E-state index contributed by atoms with van der Waals surface area (Å²) in [4.78, 5) is 73.0. The van der Waals surface area contributed by atoms with Crippen molar-refractivity contribution in [2.24, 2.45) is 17.8 Å². The first-order valence-electron chi connectivity index (χ1n) is 40.8. The second-order valence-electron chi connectivity index (χ2n) is 29.9. The van der Waals surface area contributed by atoms with Gasteiger partial charge in [0.1, 0.15) is 19.3 Å². The Labute approximate surface area is 600 Å². The van der Waals surface area contributed by atoms with E-state index in [2.05, 4.69) is 48.5 Å². The molecule has 19 heteroatoms. The minimum Gasteiger partial charge on any atom is -0.462 e. The number of hydrogen-bond acceptors (Lipinski definition) is 15. The van der Waals surface area contributed by atoms with Crippen molar-refractivity contribution in [3.05, 3.63) is 0 Å². The predicted molar refractivity (Wildman–Crippen MR) is 400 cm³/mol. The molecule has 0 saturated heterocycles. The minimum atomic E-state index is -4.96. The third-order valence-corrected chi connectivity index (χ3v) is 20.3. The Morgan fingerprint density at radius 2 is 0.469 bits per heavy atom. The zero-order valence-electron chi connectivity index (χ0n) is 64.3. The summed E-state index contributed by atoms with van der Waals surface area (Å²) < 4.78 is 68.7. The quantitative estimate of drug-likeness (QED) is 0.0222. The van der Waals surface area contributed by atoms with Gasteiger partial charge in [-0.1, -0.05) is 357 Å². The molecular weight excluding hydrogens is 1280 g/mol. The molecule has 0 rings (SSSR count). The molecule has 0 fully saturated rings. The number of phosphoric ester groups is 2. The van der Waals surface area contributed by atoms with Crippen LogP contribution in [0.4, 0.5) is 0 Å². The van der Waals surface area contributed by atoms with Crippen molar-refractivity contribution < 1.29 is 80.2 Å². The van der Waals surface area contributed by atoms with E-state index in [-0.39, 0.29) is 25.7 Å². The van der Waals surface area contributed by atoms with E-state index in [0.717, 1.165) is 108 Å². The summed E-state index contributed by atoms with van der Waals surface area (Å²) >= 11 is 0. The van der Waals surface area contributed by atoms with Gasteiger partial charge in [-0.2, -0.15) is 0 Å². The van der Waals surface area contributed by atoms with Gasteiger partial charge < -0.3 is 33.8 Å². The third-order valence-electron chi connectivity index (χ3n) is 18.4. The first-order chi connectivity index (χ1) is 47.2. The molecular formula is C79H154O17P2. The van der Waals surface area contributed by atoms with Gasteiger partial charge in [0.15, 0.2) is 12.2 Å². The maximum Gasteiger partial charge on any atom is 0.472 e.